The Bertz CT molecular complexity index is 219. The maximum absolute atomic E-state index is 9.19. The quantitative estimate of drug-likeness (QED) is 0.584. The third-order valence-electron chi connectivity index (χ3n) is 1.38. The van der Waals surface area contributed by atoms with Gasteiger partial charge in [-0.05, 0) is 18.1 Å². The lowest BCUT2D eigenvalue weighted by molar-refractivity contribution is 0.420. The first kappa shape index (κ1) is 6.87. The van der Waals surface area contributed by atoms with Crippen molar-refractivity contribution in [1.29, 1.82) is 0 Å². The summed E-state index contributed by atoms with van der Waals surface area (Å²) in [6.45, 7) is 3.55. The molecule has 0 atom stereocenters. The third kappa shape index (κ3) is 1.38. The van der Waals surface area contributed by atoms with Crippen molar-refractivity contribution in [3.8, 4) is 0 Å². The van der Waals surface area contributed by atoms with Crippen LogP contribution in [0.1, 0.15) is 6.42 Å². The summed E-state index contributed by atoms with van der Waals surface area (Å²) in [4.78, 5) is 0. The number of aliphatic hydroxyl groups excluding tert-OH is 1. The van der Waals surface area contributed by atoms with E-state index in [0.717, 1.165) is 12.0 Å². The molecule has 1 aliphatic rings. The molecule has 52 valence electrons. The molecule has 0 amide bonds. The number of allylic oxidation sites excluding steroid dienone is 6. The van der Waals surface area contributed by atoms with Gasteiger partial charge >= 0.3 is 0 Å². The van der Waals surface area contributed by atoms with Gasteiger partial charge in [0, 0.05) is 0 Å². The summed E-state index contributed by atoms with van der Waals surface area (Å²) >= 11 is 0. The second kappa shape index (κ2) is 3.06. The van der Waals surface area contributed by atoms with E-state index in [1.165, 1.54) is 0 Å². The third-order valence-corrected chi connectivity index (χ3v) is 1.38. The summed E-state index contributed by atoms with van der Waals surface area (Å²) in [5.41, 5.74) is 0.928. The molecule has 0 aromatic rings. The molecule has 1 aliphatic carbocycles. The van der Waals surface area contributed by atoms with Gasteiger partial charge in [-0.2, -0.15) is 0 Å². The SMILES string of the molecule is C=CC=C1CC=CC=C1O. The van der Waals surface area contributed by atoms with Crippen molar-refractivity contribution in [3.05, 3.63) is 48.3 Å². The van der Waals surface area contributed by atoms with Crippen molar-refractivity contribution in [2.75, 3.05) is 0 Å². The van der Waals surface area contributed by atoms with Crippen molar-refractivity contribution in [1.82, 2.24) is 0 Å². The molecular formula is C9H10O. The van der Waals surface area contributed by atoms with Gasteiger partial charge in [0.1, 0.15) is 5.76 Å². The van der Waals surface area contributed by atoms with E-state index in [-0.39, 0.29) is 0 Å². The van der Waals surface area contributed by atoms with E-state index in [1.807, 2.05) is 18.2 Å². The van der Waals surface area contributed by atoms with Crippen LogP contribution in [0.3, 0.4) is 0 Å². The Morgan fingerprint density at radius 1 is 1.60 bits per heavy atom. The van der Waals surface area contributed by atoms with Gasteiger partial charge in [-0.15, -0.1) is 0 Å². The predicted octanol–water partition coefficient (Wildman–Crippen LogP) is 2.50. The standard InChI is InChI=1S/C9H10O/c1-2-5-8-6-3-4-7-9(8)10/h2-5,7,10H,1,6H2. The summed E-state index contributed by atoms with van der Waals surface area (Å²) in [6, 6.07) is 0. The van der Waals surface area contributed by atoms with Crippen molar-refractivity contribution < 1.29 is 5.11 Å². The maximum atomic E-state index is 9.19. The van der Waals surface area contributed by atoms with Crippen LogP contribution in [0.2, 0.25) is 0 Å². The average Bonchev–Trinajstić information content (AvgIpc) is 1.94. The highest BCUT2D eigenvalue weighted by Gasteiger charge is 2.01. The molecule has 1 nitrogen and oxygen atoms in total. The highest BCUT2D eigenvalue weighted by atomic mass is 16.3. The van der Waals surface area contributed by atoms with Gasteiger partial charge in [0.15, 0.2) is 0 Å². The van der Waals surface area contributed by atoms with Gasteiger partial charge in [0.2, 0.25) is 0 Å². The van der Waals surface area contributed by atoms with Gasteiger partial charge in [-0.1, -0.05) is 30.9 Å². The Morgan fingerprint density at radius 2 is 2.40 bits per heavy atom. The second-order valence-electron chi connectivity index (χ2n) is 2.11. The normalized spacial score (nSPS) is 20.8. The first-order valence-corrected chi connectivity index (χ1v) is 3.22. The molecule has 0 radical (unpaired) electrons. The fourth-order valence-electron chi connectivity index (χ4n) is 0.861. The minimum atomic E-state index is 0.349. The maximum Gasteiger partial charge on any atom is 0.119 e. The van der Waals surface area contributed by atoms with E-state index in [9.17, 15) is 5.11 Å². The van der Waals surface area contributed by atoms with Gasteiger partial charge in [0.05, 0.1) is 0 Å². The molecule has 0 bridgehead atoms. The fourth-order valence-corrected chi connectivity index (χ4v) is 0.861. The molecule has 0 aromatic carbocycles. The van der Waals surface area contributed by atoms with Crippen LogP contribution in [0.25, 0.3) is 0 Å². The lowest BCUT2D eigenvalue weighted by Gasteiger charge is -2.04. The number of aliphatic hydroxyl groups is 1. The van der Waals surface area contributed by atoms with Crippen LogP contribution >= 0.6 is 0 Å². The van der Waals surface area contributed by atoms with Crippen LogP contribution in [-0.2, 0) is 0 Å². The first-order chi connectivity index (χ1) is 4.84. The molecule has 10 heavy (non-hydrogen) atoms. The largest absolute Gasteiger partial charge is 0.508 e. The summed E-state index contributed by atoms with van der Waals surface area (Å²) in [6.07, 6.45) is 9.81. The number of hydrogen-bond donors (Lipinski definition) is 1. The summed E-state index contributed by atoms with van der Waals surface area (Å²) in [5.74, 6) is 0.349. The van der Waals surface area contributed by atoms with Crippen molar-refractivity contribution in [2.24, 2.45) is 0 Å². The average molecular weight is 134 g/mol. The van der Waals surface area contributed by atoms with Crippen LogP contribution in [0.15, 0.2) is 48.3 Å². The Balaban J connectivity index is 2.82. The van der Waals surface area contributed by atoms with Gasteiger partial charge in [0.25, 0.3) is 0 Å². The first-order valence-electron chi connectivity index (χ1n) is 3.22. The van der Waals surface area contributed by atoms with Gasteiger partial charge in [-0.3, -0.25) is 0 Å². The Hall–Kier alpha value is -1.24. The lowest BCUT2D eigenvalue weighted by Crippen LogP contribution is -1.90. The minimum Gasteiger partial charge on any atom is -0.508 e. The smallest absolute Gasteiger partial charge is 0.119 e. The zero-order valence-electron chi connectivity index (χ0n) is 5.75. The topological polar surface area (TPSA) is 20.2 Å². The summed E-state index contributed by atoms with van der Waals surface area (Å²) < 4.78 is 0. The molecule has 0 saturated heterocycles. The molecule has 0 saturated carbocycles. The van der Waals surface area contributed by atoms with Gasteiger partial charge < -0.3 is 5.11 Å². The van der Waals surface area contributed by atoms with Gasteiger partial charge in [-0.25, -0.2) is 0 Å². The van der Waals surface area contributed by atoms with Crippen molar-refractivity contribution in [3.63, 3.8) is 0 Å². The van der Waals surface area contributed by atoms with E-state index in [4.69, 9.17) is 0 Å². The molecule has 1 rings (SSSR count). The van der Waals surface area contributed by atoms with E-state index < -0.39 is 0 Å². The van der Waals surface area contributed by atoms with Crippen LogP contribution in [0.4, 0.5) is 0 Å². The van der Waals surface area contributed by atoms with Crippen LogP contribution in [-0.4, -0.2) is 5.11 Å². The van der Waals surface area contributed by atoms with Crippen LogP contribution < -0.4 is 0 Å². The molecule has 1 heteroatoms. The van der Waals surface area contributed by atoms with E-state index in [2.05, 4.69) is 6.58 Å². The zero-order chi connectivity index (χ0) is 7.40. The zero-order valence-corrected chi connectivity index (χ0v) is 5.75. The Kier molecular flexibility index (Phi) is 2.11. The molecule has 0 unspecified atom stereocenters. The predicted molar refractivity (Wildman–Crippen MR) is 42.7 cm³/mol. The Morgan fingerprint density at radius 3 is 3.00 bits per heavy atom. The highest BCUT2D eigenvalue weighted by Crippen LogP contribution is 2.16. The summed E-state index contributed by atoms with van der Waals surface area (Å²) in [7, 11) is 0. The number of rotatable bonds is 1. The molecule has 1 N–H and O–H groups in total. The van der Waals surface area contributed by atoms with E-state index >= 15 is 0 Å². The summed E-state index contributed by atoms with van der Waals surface area (Å²) in [5, 5.41) is 9.19. The van der Waals surface area contributed by atoms with E-state index in [0.29, 0.717) is 5.76 Å². The molecule has 0 aromatic heterocycles. The molecule has 0 heterocycles. The van der Waals surface area contributed by atoms with Crippen molar-refractivity contribution in [2.45, 2.75) is 6.42 Å². The molecular weight excluding hydrogens is 124 g/mol. The van der Waals surface area contributed by atoms with E-state index in [1.54, 1.807) is 12.2 Å². The fraction of sp³-hybridized carbons (Fsp3) is 0.111. The lowest BCUT2D eigenvalue weighted by atomic mass is 10.1. The Labute approximate surface area is 60.7 Å². The minimum absolute atomic E-state index is 0.349. The molecule has 0 aliphatic heterocycles. The van der Waals surface area contributed by atoms with Crippen molar-refractivity contribution >= 4 is 0 Å². The van der Waals surface area contributed by atoms with Crippen LogP contribution in [0.5, 0.6) is 0 Å². The highest BCUT2D eigenvalue weighted by molar-refractivity contribution is 5.36. The monoisotopic (exact) mass is 134 g/mol. The van der Waals surface area contributed by atoms with Crippen LogP contribution in [0, 0.1) is 0 Å². The second-order valence-corrected chi connectivity index (χ2v) is 2.11. The molecule has 0 fully saturated rings. The molecule has 0 spiro atoms. The number of hydrogen-bond acceptors (Lipinski definition) is 1.